The van der Waals surface area contributed by atoms with E-state index < -0.39 is 18.5 Å². The average molecular weight is 319 g/mol. The lowest BCUT2D eigenvalue weighted by Gasteiger charge is -2.07. The average Bonchev–Trinajstić information content (AvgIpc) is 3.11. The summed E-state index contributed by atoms with van der Waals surface area (Å²) in [5.41, 5.74) is 6.27. The van der Waals surface area contributed by atoms with Crippen molar-refractivity contribution < 1.29 is 28.3 Å². The summed E-state index contributed by atoms with van der Waals surface area (Å²) in [5.74, 6) is -0.295. The zero-order valence-corrected chi connectivity index (χ0v) is 12.1. The summed E-state index contributed by atoms with van der Waals surface area (Å²) in [4.78, 5) is 23.7. The first kappa shape index (κ1) is 14.7. The predicted molar refractivity (Wildman–Crippen MR) is 77.1 cm³/mol. The molecule has 3 rings (SSSR count). The molecular weight excluding hydrogens is 306 g/mol. The number of amides is 1. The van der Waals surface area contributed by atoms with Crippen molar-refractivity contribution in [2.75, 3.05) is 24.5 Å². The van der Waals surface area contributed by atoms with E-state index in [1.165, 1.54) is 0 Å². The number of nitrogen functional groups attached to an aromatic ring is 1. The van der Waals surface area contributed by atoms with Gasteiger partial charge in [-0.05, 0) is 19.1 Å². The summed E-state index contributed by atoms with van der Waals surface area (Å²) in [5, 5.41) is 6.12. The second-order valence-electron chi connectivity index (χ2n) is 4.70. The number of aryl methyl sites for hydroxylation is 1. The lowest BCUT2D eigenvalue weighted by molar-refractivity contribution is -0.119. The molecule has 1 aliphatic heterocycles. The maximum Gasteiger partial charge on any atom is 0.346 e. The molecule has 0 unspecified atom stereocenters. The number of carbonyl (C=O) groups excluding carboxylic acids is 2. The van der Waals surface area contributed by atoms with Crippen LogP contribution >= 0.6 is 0 Å². The molecule has 1 amide bonds. The fraction of sp³-hybridized carbons (Fsp3) is 0.214. The summed E-state index contributed by atoms with van der Waals surface area (Å²) in [6, 6.07) is 4.94. The number of fused-ring (bicyclic) bond motifs is 1. The van der Waals surface area contributed by atoms with Crippen molar-refractivity contribution in [3.05, 3.63) is 29.5 Å². The van der Waals surface area contributed by atoms with Crippen LogP contribution in [0, 0.1) is 6.92 Å². The Labute approximate surface area is 130 Å². The second-order valence-corrected chi connectivity index (χ2v) is 4.70. The van der Waals surface area contributed by atoms with Crippen LogP contribution in [0.15, 0.2) is 22.7 Å². The van der Waals surface area contributed by atoms with Crippen LogP contribution in [-0.4, -0.2) is 30.4 Å². The van der Waals surface area contributed by atoms with Gasteiger partial charge in [0.15, 0.2) is 18.1 Å². The molecule has 0 saturated heterocycles. The van der Waals surface area contributed by atoms with Crippen LogP contribution in [0.1, 0.15) is 16.1 Å². The monoisotopic (exact) mass is 319 g/mol. The van der Waals surface area contributed by atoms with Crippen molar-refractivity contribution in [2.24, 2.45) is 0 Å². The molecule has 2 heterocycles. The third-order valence-corrected chi connectivity index (χ3v) is 3.08. The molecule has 9 nitrogen and oxygen atoms in total. The minimum absolute atomic E-state index is 0.0147. The number of anilines is 2. The van der Waals surface area contributed by atoms with Crippen LogP contribution in [0.25, 0.3) is 0 Å². The van der Waals surface area contributed by atoms with E-state index >= 15 is 0 Å². The van der Waals surface area contributed by atoms with Crippen molar-refractivity contribution in [1.82, 2.24) is 5.16 Å². The highest BCUT2D eigenvalue weighted by Gasteiger charge is 2.21. The number of nitrogens with one attached hydrogen (secondary N) is 1. The molecular formula is C14H13N3O6. The Hall–Kier alpha value is -3.23. The predicted octanol–water partition coefficient (Wildman–Crippen LogP) is 1.09. The number of rotatable bonds is 4. The van der Waals surface area contributed by atoms with E-state index in [-0.39, 0.29) is 18.2 Å². The number of nitrogens with two attached hydrogens (primary N) is 1. The smallest absolute Gasteiger partial charge is 0.346 e. The van der Waals surface area contributed by atoms with E-state index in [4.69, 9.17) is 19.9 Å². The molecule has 1 aliphatic rings. The Kier molecular flexibility index (Phi) is 3.75. The Morgan fingerprint density at radius 3 is 2.87 bits per heavy atom. The molecule has 1 aromatic heterocycles. The van der Waals surface area contributed by atoms with Crippen LogP contribution < -0.4 is 20.5 Å². The molecule has 23 heavy (non-hydrogen) atoms. The first-order valence-corrected chi connectivity index (χ1v) is 6.63. The normalized spacial score (nSPS) is 12.0. The number of hydrogen-bond donors (Lipinski definition) is 2. The minimum Gasteiger partial charge on any atom is -0.454 e. The molecule has 0 saturated carbocycles. The van der Waals surface area contributed by atoms with E-state index in [2.05, 4.69) is 15.0 Å². The Morgan fingerprint density at radius 1 is 1.35 bits per heavy atom. The molecule has 0 bridgehead atoms. The van der Waals surface area contributed by atoms with Crippen molar-refractivity contribution >= 4 is 23.4 Å². The standard InChI is InChI=1S/C14H13N3O6/c1-7-12(13(15)23-17-7)14(19)20-5-11(18)16-8-2-3-9-10(4-8)22-6-21-9/h2-4H,5-6,15H2,1H3,(H,16,18). The third kappa shape index (κ3) is 3.03. The van der Waals surface area contributed by atoms with Gasteiger partial charge in [0, 0.05) is 11.8 Å². The van der Waals surface area contributed by atoms with Crippen LogP contribution in [0.2, 0.25) is 0 Å². The number of aromatic nitrogens is 1. The molecule has 0 radical (unpaired) electrons. The molecule has 3 N–H and O–H groups in total. The van der Waals surface area contributed by atoms with Gasteiger partial charge >= 0.3 is 5.97 Å². The summed E-state index contributed by atoms with van der Waals surface area (Å²) < 4.78 is 19.9. The molecule has 0 spiro atoms. The molecule has 120 valence electrons. The third-order valence-electron chi connectivity index (χ3n) is 3.08. The first-order valence-electron chi connectivity index (χ1n) is 6.63. The van der Waals surface area contributed by atoms with Gasteiger partial charge in [-0.2, -0.15) is 0 Å². The van der Waals surface area contributed by atoms with Crippen molar-refractivity contribution in [2.45, 2.75) is 6.92 Å². The molecule has 1 aromatic carbocycles. The number of ether oxygens (including phenoxy) is 3. The van der Waals surface area contributed by atoms with Gasteiger partial charge in [0.1, 0.15) is 5.56 Å². The maximum atomic E-state index is 11.8. The van der Waals surface area contributed by atoms with Gasteiger partial charge in [0.05, 0.1) is 5.69 Å². The van der Waals surface area contributed by atoms with Crippen LogP contribution in [0.5, 0.6) is 11.5 Å². The lowest BCUT2D eigenvalue weighted by Crippen LogP contribution is -2.21. The largest absolute Gasteiger partial charge is 0.454 e. The highest BCUT2D eigenvalue weighted by Crippen LogP contribution is 2.34. The van der Waals surface area contributed by atoms with Gasteiger partial charge in [0.2, 0.25) is 12.7 Å². The maximum absolute atomic E-state index is 11.8. The fourth-order valence-corrected chi connectivity index (χ4v) is 2.01. The zero-order chi connectivity index (χ0) is 16.4. The van der Waals surface area contributed by atoms with Crippen molar-refractivity contribution in [1.29, 1.82) is 0 Å². The first-order chi connectivity index (χ1) is 11.0. The Balaban J connectivity index is 1.57. The number of hydrogen-bond acceptors (Lipinski definition) is 8. The van der Waals surface area contributed by atoms with E-state index in [0.29, 0.717) is 22.9 Å². The van der Waals surface area contributed by atoms with Gasteiger partial charge in [-0.3, -0.25) is 4.79 Å². The number of esters is 1. The molecule has 0 fully saturated rings. The minimum atomic E-state index is -0.776. The number of carbonyl (C=O) groups is 2. The van der Waals surface area contributed by atoms with Crippen LogP contribution in [0.3, 0.4) is 0 Å². The van der Waals surface area contributed by atoms with E-state index in [1.54, 1.807) is 25.1 Å². The van der Waals surface area contributed by atoms with Crippen LogP contribution in [-0.2, 0) is 9.53 Å². The zero-order valence-electron chi connectivity index (χ0n) is 12.1. The van der Waals surface area contributed by atoms with Gasteiger partial charge in [-0.1, -0.05) is 5.16 Å². The summed E-state index contributed by atoms with van der Waals surface area (Å²) >= 11 is 0. The SMILES string of the molecule is Cc1noc(N)c1C(=O)OCC(=O)Nc1ccc2c(c1)OCO2. The molecule has 9 heteroatoms. The quantitative estimate of drug-likeness (QED) is 0.802. The van der Waals surface area contributed by atoms with Gasteiger partial charge in [-0.15, -0.1) is 0 Å². The number of benzene rings is 1. The van der Waals surface area contributed by atoms with Crippen molar-refractivity contribution in [3.8, 4) is 11.5 Å². The van der Waals surface area contributed by atoms with E-state index in [0.717, 1.165) is 0 Å². The Bertz CT molecular complexity index is 750. The molecule has 0 atom stereocenters. The topological polar surface area (TPSA) is 126 Å². The van der Waals surface area contributed by atoms with Gasteiger partial charge < -0.3 is 29.8 Å². The lowest BCUT2D eigenvalue weighted by atomic mass is 10.2. The Morgan fingerprint density at radius 2 is 2.13 bits per heavy atom. The second kappa shape index (κ2) is 5.87. The van der Waals surface area contributed by atoms with Crippen LogP contribution in [0.4, 0.5) is 11.6 Å². The summed E-state index contributed by atoms with van der Waals surface area (Å²) in [6.07, 6.45) is 0. The fourth-order valence-electron chi connectivity index (χ4n) is 2.01. The summed E-state index contributed by atoms with van der Waals surface area (Å²) in [7, 11) is 0. The van der Waals surface area contributed by atoms with E-state index in [9.17, 15) is 9.59 Å². The summed E-state index contributed by atoms with van der Waals surface area (Å²) in [6.45, 7) is 1.21. The van der Waals surface area contributed by atoms with Gasteiger partial charge in [-0.25, -0.2) is 4.79 Å². The van der Waals surface area contributed by atoms with Gasteiger partial charge in [0.25, 0.3) is 5.91 Å². The molecule has 2 aromatic rings. The van der Waals surface area contributed by atoms with E-state index in [1.807, 2.05) is 0 Å². The number of nitrogens with zero attached hydrogens (tertiary/aromatic N) is 1. The highest BCUT2D eigenvalue weighted by molar-refractivity contribution is 5.98. The van der Waals surface area contributed by atoms with Crippen molar-refractivity contribution in [3.63, 3.8) is 0 Å². The molecule has 0 aliphatic carbocycles. The highest BCUT2D eigenvalue weighted by atomic mass is 16.7.